The van der Waals surface area contributed by atoms with Crippen molar-refractivity contribution in [1.29, 1.82) is 0 Å². The summed E-state index contributed by atoms with van der Waals surface area (Å²) in [5.74, 6) is -0.201. The van der Waals surface area contributed by atoms with Gasteiger partial charge in [-0.25, -0.2) is 9.37 Å². The molecule has 2 N–H and O–H groups in total. The molecule has 0 fully saturated rings. The van der Waals surface area contributed by atoms with Gasteiger partial charge in [-0.05, 0) is 48.9 Å². The summed E-state index contributed by atoms with van der Waals surface area (Å²) in [6.07, 6.45) is 1.72. The van der Waals surface area contributed by atoms with E-state index in [4.69, 9.17) is 5.73 Å². The van der Waals surface area contributed by atoms with Gasteiger partial charge in [0.2, 0.25) is 0 Å². The van der Waals surface area contributed by atoms with Crippen LogP contribution in [0.15, 0.2) is 42.7 Å². The molecule has 0 aliphatic rings. The summed E-state index contributed by atoms with van der Waals surface area (Å²) >= 11 is 0. The summed E-state index contributed by atoms with van der Waals surface area (Å²) < 4.78 is 15.2. The van der Waals surface area contributed by atoms with E-state index >= 15 is 0 Å². The molecule has 0 saturated heterocycles. The molecule has 0 unspecified atom stereocenters. The molecule has 0 radical (unpaired) electrons. The van der Waals surface area contributed by atoms with Crippen LogP contribution in [0.5, 0.6) is 0 Å². The number of nitrogen functional groups attached to an aromatic ring is 1. The van der Waals surface area contributed by atoms with Crippen LogP contribution in [-0.4, -0.2) is 9.55 Å². The van der Waals surface area contributed by atoms with Gasteiger partial charge in [-0.2, -0.15) is 0 Å². The lowest BCUT2D eigenvalue weighted by atomic mass is 10.2. The standard InChI is InChI=1S/C14H12FN3/c1-9-6-11(3-4-12(9)15)18-8-17-13-7-10(16)2-5-14(13)18/h2-8H,16H2,1H3. The van der Waals surface area contributed by atoms with E-state index in [-0.39, 0.29) is 5.82 Å². The number of aromatic nitrogens is 2. The summed E-state index contributed by atoms with van der Waals surface area (Å²) in [5.41, 5.74) is 9.69. The number of rotatable bonds is 1. The van der Waals surface area contributed by atoms with Crippen LogP contribution in [0.2, 0.25) is 0 Å². The molecule has 0 amide bonds. The van der Waals surface area contributed by atoms with Gasteiger partial charge in [0.05, 0.1) is 11.0 Å². The van der Waals surface area contributed by atoms with Crippen LogP contribution in [0.1, 0.15) is 5.56 Å². The first-order chi connectivity index (χ1) is 8.65. The lowest BCUT2D eigenvalue weighted by Crippen LogP contribution is -1.94. The minimum Gasteiger partial charge on any atom is -0.399 e. The van der Waals surface area contributed by atoms with Crippen molar-refractivity contribution in [2.45, 2.75) is 6.92 Å². The Bertz CT molecular complexity index is 731. The number of nitrogens with zero attached hydrogens (tertiary/aromatic N) is 2. The highest BCUT2D eigenvalue weighted by Crippen LogP contribution is 2.21. The second-order valence-electron chi connectivity index (χ2n) is 4.30. The normalized spacial score (nSPS) is 11.0. The molecule has 0 spiro atoms. The van der Waals surface area contributed by atoms with Gasteiger partial charge in [0.25, 0.3) is 0 Å². The Balaban J connectivity index is 2.22. The summed E-state index contributed by atoms with van der Waals surface area (Å²) in [6, 6.07) is 10.6. The first kappa shape index (κ1) is 10.8. The summed E-state index contributed by atoms with van der Waals surface area (Å²) in [4.78, 5) is 4.30. The topological polar surface area (TPSA) is 43.8 Å². The predicted octanol–water partition coefficient (Wildman–Crippen LogP) is 3.06. The fourth-order valence-corrected chi connectivity index (χ4v) is 2.01. The fourth-order valence-electron chi connectivity index (χ4n) is 2.01. The minimum absolute atomic E-state index is 0.201. The molecule has 1 heterocycles. The molecule has 0 aliphatic heterocycles. The van der Waals surface area contributed by atoms with Crippen molar-refractivity contribution in [2.24, 2.45) is 0 Å². The van der Waals surface area contributed by atoms with Crippen LogP contribution < -0.4 is 5.73 Å². The summed E-state index contributed by atoms with van der Waals surface area (Å²) in [7, 11) is 0. The Morgan fingerprint density at radius 2 is 2.00 bits per heavy atom. The maximum atomic E-state index is 13.3. The van der Waals surface area contributed by atoms with Gasteiger partial charge in [-0.3, -0.25) is 4.57 Å². The summed E-state index contributed by atoms with van der Waals surface area (Å²) in [6.45, 7) is 1.75. The monoisotopic (exact) mass is 241 g/mol. The van der Waals surface area contributed by atoms with E-state index in [1.807, 2.05) is 22.8 Å². The van der Waals surface area contributed by atoms with Crippen molar-refractivity contribution >= 4 is 16.7 Å². The molecule has 18 heavy (non-hydrogen) atoms. The van der Waals surface area contributed by atoms with E-state index in [1.165, 1.54) is 6.07 Å². The summed E-state index contributed by atoms with van der Waals surface area (Å²) in [5, 5.41) is 0. The van der Waals surface area contributed by atoms with Gasteiger partial charge >= 0.3 is 0 Å². The zero-order valence-electron chi connectivity index (χ0n) is 9.89. The number of imidazole rings is 1. The van der Waals surface area contributed by atoms with E-state index < -0.39 is 0 Å². The molecule has 3 rings (SSSR count). The molecule has 3 nitrogen and oxygen atoms in total. The maximum absolute atomic E-state index is 13.3. The predicted molar refractivity (Wildman–Crippen MR) is 70.2 cm³/mol. The van der Waals surface area contributed by atoms with Crippen LogP contribution in [-0.2, 0) is 0 Å². The molecule has 90 valence electrons. The van der Waals surface area contributed by atoms with Crippen molar-refractivity contribution < 1.29 is 4.39 Å². The Morgan fingerprint density at radius 3 is 2.78 bits per heavy atom. The van der Waals surface area contributed by atoms with E-state index in [1.54, 1.807) is 25.4 Å². The van der Waals surface area contributed by atoms with Crippen molar-refractivity contribution in [3.63, 3.8) is 0 Å². The third-order valence-corrected chi connectivity index (χ3v) is 2.99. The first-order valence-electron chi connectivity index (χ1n) is 5.64. The zero-order valence-corrected chi connectivity index (χ0v) is 9.89. The lowest BCUT2D eigenvalue weighted by molar-refractivity contribution is 0.618. The minimum atomic E-state index is -0.201. The average molecular weight is 241 g/mol. The highest BCUT2D eigenvalue weighted by Gasteiger charge is 2.06. The molecule has 3 aromatic rings. The van der Waals surface area contributed by atoms with E-state index in [9.17, 15) is 4.39 Å². The number of nitrogens with two attached hydrogens (primary N) is 1. The molecule has 2 aromatic carbocycles. The van der Waals surface area contributed by atoms with Crippen LogP contribution in [0, 0.1) is 12.7 Å². The first-order valence-corrected chi connectivity index (χ1v) is 5.64. The number of fused-ring (bicyclic) bond motifs is 1. The van der Waals surface area contributed by atoms with Gasteiger partial charge in [-0.1, -0.05) is 0 Å². The van der Waals surface area contributed by atoms with Gasteiger partial charge < -0.3 is 5.73 Å². The number of hydrogen-bond donors (Lipinski definition) is 1. The number of hydrogen-bond acceptors (Lipinski definition) is 2. The van der Waals surface area contributed by atoms with Crippen LogP contribution >= 0.6 is 0 Å². The molecule has 0 aliphatic carbocycles. The number of halogens is 1. The van der Waals surface area contributed by atoms with Crippen molar-refractivity contribution in [3.05, 3.63) is 54.1 Å². The second-order valence-corrected chi connectivity index (χ2v) is 4.30. The third-order valence-electron chi connectivity index (χ3n) is 2.99. The lowest BCUT2D eigenvalue weighted by Gasteiger charge is -2.06. The Morgan fingerprint density at radius 1 is 1.17 bits per heavy atom. The van der Waals surface area contributed by atoms with Crippen LogP contribution in [0.25, 0.3) is 16.7 Å². The smallest absolute Gasteiger partial charge is 0.126 e. The van der Waals surface area contributed by atoms with E-state index in [0.29, 0.717) is 11.3 Å². The van der Waals surface area contributed by atoms with Crippen molar-refractivity contribution in [1.82, 2.24) is 9.55 Å². The largest absolute Gasteiger partial charge is 0.399 e. The quantitative estimate of drug-likeness (QED) is 0.665. The maximum Gasteiger partial charge on any atom is 0.126 e. The van der Waals surface area contributed by atoms with Gasteiger partial charge in [0.1, 0.15) is 12.1 Å². The molecular formula is C14H12FN3. The zero-order chi connectivity index (χ0) is 12.7. The molecular weight excluding hydrogens is 229 g/mol. The molecule has 0 bridgehead atoms. The van der Waals surface area contributed by atoms with E-state index in [2.05, 4.69) is 4.98 Å². The third kappa shape index (κ3) is 1.62. The van der Waals surface area contributed by atoms with E-state index in [0.717, 1.165) is 16.7 Å². The van der Waals surface area contributed by atoms with Gasteiger partial charge in [-0.15, -0.1) is 0 Å². The fraction of sp³-hybridized carbons (Fsp3) is 0.0714. The highest BCUT2D eigenvalue weighted by molar-refractivity contribution is 5.80. The Kier molecular flexibility index (Phi) is 2.30. The Hall–Kier alpha value is -2.36. The Labute approximate surface area is 104 Å². The van der Waals surface area contributed by atoms with Crippen molar-refractivity contribution in [3.8, 4) is 5.69 Å². The van der Waals surface area contributed by atoms with Crippen molar-refractivity contribution in [2.75, 3.05) is 5.73 Å². The van der Waals surface area contributed by atoms with Gasteiger partial charge in [0.15, 0.2) is 0 Å². The highest BCUT2D eigenvalue weighted by atomic mass is 19.1. The number of aryl methyl sites for hydroxylation is 1. The average Bonchev–Trinajstić information content (AvgIpc) is 2.75. The second kappa shape index (κ2) is 3.84. The SMILES string of the molecule is Cc1cc(-n2cnc3cc(N)ccc32)ccc1F. The number of benzene rings is 2. The van der Waals surface area contributed by atoms with Crippen LogP contribution in [0.4, 0.5) is 10.1 Å². The molecule has 1 aromatic heterocycles. The molecule has 0 atom stereocenters. The van der Waals surface area contributed by atoms with Crippen LogP contribution in [0.3, 0.4) is 0 Å². The van der Waals surface area contributed by atoms with Gasteiger partial charge in [0, 0.05) is 11.4 Å². The molecule has 4 heteroatoms. The molecule has 0 saturated carbocycles. The number of anilines is 1.